The van der Waals surface area contributed by atoms with Gasteiger partial charge in [0.2, 0.25) is 0 Å². The molecular formula is C20H19NO7. The number of rotatable bonds is 6. The van der Waals surface area contributed by atoms with E-state index in [1.165, 1.54) is 6.07 Å². The van der Waals surface area contributed by atoms with E-state index >= 15 is 0 Å². The van der Waals surface area contributed by atoms with E-state index in [2.05, 4.69) is 0 Å². The second-order valence-corrected chi connectivity index (χ2v) is 6.55. The molecule has 0 saturated carbocycles. The van der Waals surface area contributed by atoms with E-state index in [4.69, 9.17) is 14.2 Å². The Morgan fingerprint density at radius 3 is 2.29 bits per heavy atom. The van der Waals surface area contributed by atoms with Crippen molar-refractivity contribution in [3.05, 3.63) is 63.2 Å². The van der Waals surface area contributed by atoms with E-state index in [1.54, 1.807) is 12.1 Å². The molecule has 1 heterocycles. The summed E-state index contributed by atoms with van der Waals surface area (Å²) in [6, 6.07) is 9.33. The summed E-state index contributed by atoms with van der Waals surface area (Å²) in [5.41, 5.74) is 0.717. The van der Waals surface area contributed by atoms with E-state index in [-0.39, 0.29) is 30.3 Å². The molecule has 2 aromatic rings. The van der Waals surface area contributed by atoms with Crippen LogP contribution < -0.4 is 9.47 Å². The van der Waals surface area contributed by atoms with Gasteiger partial charge in [-0.05, 0) is 11.5 Å². The molecule has 0 atom stereocenters. The molecule has 3 rings (SSSR count). The van der Waals surface area contributed by atoms with Gasteiger partial charge in [0.1, 0.15) is 18.8 Å². The van der Waals surface area contributed by atoms with Gasteiger partial charge in [-0.15, -0.1) is 0 Å². The van der Waals surface area contributed by atoms with Gasteiger partial charge in [-0.2, -0.15) is 0 Å². The van der Waals surface area contributed by atoms with Crippen molar-refractivity contribution in [2.24, 2.45) is 0 Å². The lowest BCUT2D eigenvalue weighted by Crippen LogP contribution is -2.18. The predicted molar refractivity (Wildman–Crippen MR) is 99.2 cm³/mol. The monoisotopic (exact) mass is 385 g/mol. The molecule has 1 aliphatic heterocycles. The number of carbonyl (C=O) groups excluding carboxylic acids is 2. The molecule has 8 nitrogen and oxygen atoms in total. The van der Waals surface area contributed by atoms with Gasteiger partial charge in [-0.3, -0.25) is 14.9 Å². The van der Waals surface area contributed by atoms with Crippen LogP contribution in [0.5, 0.6) is 11.5 Å². The zero-order valence-electron chi connectivity index (χ0n) is 15.5. The summed E-state index contributed by atoms with van der Waals surface area (Å²) in [6.07, 6.45) is 0. The predicted octanol–water partition coefficient (Wildman–Crippen LogP) is 3.53. The normalized spacial score (nSPS) is 12.5. The molecule has 0 unspecified atom stereocenters. The van der Waals surface area contributed by atoms with Crippen LogP contribution in [0.2, 0.25) is 0 Å². The molecule has 0 aliphatic carbocycles. The van der Waals surface area contributed by atoms with Crippen molar-refractivity contribution in [2.75, 3.05) is 19.8 Å². The summed E-state index contributed by atoms with van der Waals surface area (Å²) < 4.78 is 15.7. The quantitative estimate of drug-likeness (QED) is 0.324. The first-order valence-electron chi connectivity index (χ1n) is 8.75. The third-order valence-electron chi connectivity index (χ3n) is 4.31. The largest absolute Gasteiger partial charge is 0.486 e. The molecule has 2 aromatic carbocycles. The van der Waals surface area contributed by atoms with Gasteiger partial charge >= 0.3 is 5.97 Å². The first kappa shape index (κ1) is 19.3. The second-order valence-electron chi connectivity index (χ2n) is 6.55. The maximum Gasteiger partial charge on any atom is 0.345 e. The lowest BCUT2D eigenvalue weighted by atomic mass is 10.0. The molecule has 0 saturated heterocycles. The van der Waals surface area contributed by atoms with E-state index < -0.39 is 29.0 Å². The molecule has 0 aromatic heterocycles. The zero-order valence-corrected chi connectivity index (χ0v) is 15.5. The fourth-order valence-electron chi connectivity index (χ4n) is 2.74. The number of hydrogen-bond acceptors (Lipinski definition) is 7. The minimum absolute atomic E-state index is 0.191. The molecule has 28 heavy (non-hydrogen) atoms. The van der Waals surface area contributed by atoms with Crippen molar-refractivity contribution in [3.63, 3.8) is 0 Å². The summed E-state index contributed by atoms with van der Waals surface area (Å²) in [5, 5.41) is 11.3. The van der Waals surface area contributed by atoms with Crippen LogP contribution in [0, 0.1) is 10.1 Å². The summed E-state index contributed by atoms with van der Waals surface area (Å²) >= 11 is 0. The van der Waals surface area contributed by atoms with Crippen LogP contribution in [0.1, 0.15) is 46.0 Å². The molecule has 146 valence electrons. The summed E-state index contributed by atoms with van der Waals surface area (Å²) in [6.45, 7) is 4.09. The van der Waals surface area contributed by atoms with Gasteiger partial charge in [0.15, 0.2) is 23.9 Å². The van der Waals surface area contributed by atoms with Gasteiger partial charge in [0.05, 0.1) is 11.0 Å². The summed E-state index contributed by atoms with van der Waals surface area (Å²) in [5.74, 6) is -0.632. The lowest BCUT2D eigenvalue weighted by molar-refractivity contribution is -0.385. The molecule has 1 aliphatic rings. The zero-order chi connectivity index (χ0) is 20.3. The Hall–Kier alpha value is -3.42. The number of Topliss-reactive ketones (excluding diaryl/α,β-unsaturated/α-hetero) is 1. The van der Waals surface area contributed by atoms with Crippen molar-refractivity contribution in [3.8, 4) is 11.5 Å². The number of nitrogens with zero attached hydrogens (tertiary/aromatic N) is 1. The van der Waals surface area contributed by atoms with Gasteiger partial charge in [0.25, 0.3) is 5.69 Å². The van der Waals surface area contributed by atoms with Crippen LogP contribution in [0.25, 0.3) is 0 Å². The smallest absolute Gasteiger partial charge is 0.345 e. The van der Waals surface area contributed by atoms with E-state index in [0.717, 1.165) is 11.6 Å². The fourth-order valence-corrected chi connectivity index (χ4v) is 2.74. The number of nitro groups is 1. The number of esters is 1. The number of ketones is 1. The molecular weight excluding hydrogens is 366 g/mol. The average molecular weight is 385 g/mol. The van der Waals surface area contributed by atoms with Crippen LogP contribution in [0.15, 0.2) is 36.4 Å². The Morgan fingerprint density at radius 1 is 1.11 bits per heavy atom. The third kappa shape index (κ3) is 4.11. The summed E-state index contributed by atoms with van der Waals surface area (Å²) in [7, 11) is 0. The highest BCUT2D eigenvalue weighted by molar-refractivity contribution is 6.00. The lowest BCUT2D eigenvalue weighted by Gasteiger charge is -2.18. The van der Waals surface area contributed by atoms with Crippen molar-refractivity contribution < 1.29 is 28.7 Å². The molecule has 0 N–H and O–H groups in total. The summed E-state index contributed by atoms with van der Waals surface area (Å²) in [4.78, 5) is 35.2. The van der Waals surface area contributed by atoms with E-state index in [1.807, 2.05) is 26.0 Å². The van der Waals surface area contributed by atoms with Crippen molar-refractivity contribution in [2.45, 2.75) is 19.8 Å². The van der Waals surface area contributed by atoms with Crippen LogP contribution >= 0.6 is 0 Å². The van der Waals surface area contributed by atoms with Gasteiger partial charge < -0.3 is 14.2 Å². The highest BCUT2D eigenvalue weighted by Crippen LogP contribution is 2.36. The first-order valence-corrected chi connectivity index (χ1v) is 8.75. The molecule has 0 fully saturated rings. The Labute approximate surface area is 161 Å². The Balaban J connectivity index is 1.73. The maximum absolute atomic E-state index is 12.4. The first-order chi connectivity index (χ1) is 13.4. The molecule has 8 heteroatoms. The van der Waals surface area contributed by atoms with Crippen molar-refractivity contribution in [1.82, 2.24) is 0 Å². The van der Waals surface area contributed by atoms with E-state index in [9.17, 15) is 19.7 Å². The van der Waals surface area contributed by atoms with Crippen LogP contribution in [0.4, 0.5) is 5.69 Å². The van der Waals surface area contributed by atoms with Crippen LogP contribution in [0.3, 0.4) is 0 Å². The molecule has 0 bridgehead atoms. The second kappa shape index (κ2) is 8.08. The number of ether oxygens (including phenoxy) is 3. The van der Waals surface area contributed by atoms with Crippen LogP contribution in [-0.4, -0.2) is 36.5 Å². The van der Waals surface area contributed by atoms with Gasteiger partial charge in [-0.1, -0.05) is 38.1 Å². The van der Waals surface area contributed by atoms with Crippen molar-refractivity contribution >= 4 is 17.4 Å². The highest BCUT2D eigenvalue weighted by atomic mass is 16.6. The fraction of sp³-hybridized carbons (Fsp3) is 0.300. The Kier molecular flexibility index (Phi) is 5.58. The maximum atomic E-state index is 12.4. The third-order valence-corrected chi connectivity index (χ3v) is 4.31. The Bertz CT molecular complexity index is 919. The average Bonchev–Trinajstić information content (AvgIpc) is 2.70. The van der Waals surface area contributed by atoms with Crippen molar-refractivity contribution in [1.29, 1.82) is 0 Å². The van der Waals surface area contributed by atoms with E-state index in [0.29, 0.717) is 11.5 Å². The number of fused-ring (bicyclic) bond motifs is 1. The molecule has 0 amide bonds. The SMILES string of the molecule is CC(C)c1ccc(C(=O)COC(=O)c2cc3c(cc2[N+](=O)[O-])OCCO3)cc1. The Morgan fingerprint density at radius 2 is 1.71 bits per heavy atom. The number of nitro benzene ring substituents is 1. The number of hydrogen-bond donors (Lipinski definition) is 0. The topological polar surface area (TPSA) is 105 Å². The standard InChI is InChI=1S/C20H19NO7/c1-12(2)13-3-5-14(6-4-13)17(22)11-28-20(23)15-9-18-19(27-8-7-26-18)10-16(15)21(24)25/h3-6,9-10,12H,7-8,11H2,1-2H3. The molecule has 0 spiro atoms. The molecule has 0 radical (unpaired) electrons. The number of carbonyl (C=O) groups is 2. The highest BCUT2D eigenvalue weighted by Gasteiger charge is 2.27. The van der Waals surface area contributed by atoms with Gasteiger partial charge in [-0.25, -0.2) is 4.79 Å². The minimum atomic E-state index is -0.976. The number of benzene rings is 2. The minimum Gasteiger partial charge on any atom is -0.486 e. The van der Waals surface area contributed by atoms with Crippen LogP contribution in [-0.2, 0) is 4.74 Å². The van der Waals surface area contributed by atoms with Gasteiger partial charge in [0, 0.05) is 11.6 Å².